The lowest BCUT2D eigenvalue weighted by atomic mass is 9.93. The van der Waals surface area contributed by atoms with Crippen molar-refractivity contribution in [3.05, 3.63) is 170 Å². The van der Waals surface area contributed by atoms with Gasteiger partial charge in [0.25, 0.3) is 0 Å². The summed E-state index contributed by atoms with van der Waals surface area (Å²) in [5.41, 5.74) is 10.5. The van der Waals surface area contributed by atoms with Crippen molar-refractivity contribution < 1.29 is 0 Å². The summed E-state index contributed by atoms with van der Waals surface area (Å²) in [6, 6.07) is 54.8. The Bertz CT molecular complexity index is 2310. The second kappa shape index (κ2) is 12.3. The molecule has 0 aliphatic carbocycles. The third kappa shape index (κ3) is 5.92. The van der Waals surface area contributed by atoms with E-state index in [0.717, 1.165) is 55.8 Å². The van der Waals surface area contributed by atoms with Gasteiger partial charge in [-0.05, 0) is 93.5 Å². The lowest BCUT2D eigenvalue weighted by molar-refractivity contribution is 1.07. The number of aryl methyl sites for hydroxylation is 1. The van der Waals surface area contributed by atoms with Crippen LogP contribution < -0.4 is 0 Å². The van der Waals surface area contributed by atoms with E-state index < -0.39 is 0 Å². The Morgan fingerprint density at radius 2 is 0.787 bits per heavy atom. The summed E-state index contributed by atoms with van der Waals surface area (Å²) < 4.78 is 0. The highest BCUT2D eigenvalue weighted by Crippen LogP contribution is 2.35. The van der Waals surface area contributed by atoms with E-state index in [1.54, 1.807) is 0 Å². The second-order valence-electron chi connectivity index (χ2n) is 11.7. The molecule has 0 aliphatic heterocycles. The van der Waals surface area contributed by atoms with Crippen molar-refractivity contribution in [3.63, 3.8) is 0 Å². The summed E-state index contributed by atoms with van der Waals surface area (Å²) in [5.74, 6) is 1.91. The van der Waals surface area contributed by atoms with Crippen LogP contribution in [0.5, 0.6) is 0 Å². The molecule has 47 heavy (non-hydrogen) atoms. The minimum absolute atomic E-state index is 0.627. The average Bonchev–Trinajstić information content (AvgIpc) is 3.15. The van der Waals surface area contributed by atoms with Gasteiger partial charge in [-0.1, -0.05) is 115 Å². The van der Waals surface area contributed by atoms with Crippen LogP contribution >= 0.6 is 0 Å². The Labute approximate surface area is 274 Å². The maximum Gasteiger partial charge on any atom is 0.164 e. The lowest BCUT2D eigenvalue weighted by Gasteiger charge is -2.13. The number of hydrogen-bond donors (Lipinski definition) is 0. The largest absolute Gasteiger partial charge is 0.262 e. The van der Waals surface area contributed by atoms with E-state index in [-0.39, 0.29) is 0 Å². The molecule has 0 aliphatic rings. The quantitative estimate of drug-likeness (QED) is 0.190. The van der Waals surface area contributed by atoms with Crippen molar-refractivity contribution in [2.24, 2.45) is 0 Å². The van der Waals surface area contributed by atoms with Crippen LogP contribution in [0.25, 0.3) is 78.3 Å². The van der Waals surface area contributed by atoms with Crippen LogP contribution in [0.1, 0.15) is 5.69 Å². The molecule has 0 radical (unpaired) electrons. The second-order valence-corrected chi connectivity index (χ2v) is 11.7. The predicted octanol–water partition coefficient (Wildman–Crippen LogP) is 10.7. The molecule has 0 fully saturated rings. The van der Waals surface area contributed by atoms with Crippen LogP contribution in [0.2, 0.25) is 0 Å². The molecule has 8 rings (SSSR count). The van der Waals surface area contributed by atoms with E-state index >= 15 is 0 Å². The van der Waals surface area contributed by atoms with E-state index in [1.807, 2.05) is 73.8 Å². The minimum atomic E-state index is 0.627. The third-order valence-electron chi connectivity index (χ3n) is 8.40. The molecule has 0 unspecified atom stereocenters. The van der Waals surface area contributed by atoms with Crippen LogP contribution in [0.15, 0.2) is 164 Å². The summed E-state index contributed by atoms with van der Waals surface area (Å²) in [4.78, 5) is 19.4. The van der Waals surface area contributed by atoms with Crippen LogP contribution in [-0.2, 0) is 0 Å². The van der Waals surface area contributed by atoms with Crippen molar-refractivity contribution >= 4 is 10.8 Å². The monoisotopic (exact) mass is 602 g/mol. The number of nitrogens with zero attached hydrogens (tertiary/aromatic N) is 4. The zero-order valence-corrected chi connectivity index (χ0v) is 25.9. The Balaban J connectivity index is 1.34. The molecule has 2 aromatic heterocycles. The molecule has 8 aromatic rings. The van der Waals surface area contributed by atoms with Gasteiger partial charge in [0.1, 0.15) is 0 Å². The molecule has 0 saturated carbocycles. The SMILES string of the molecule is Cc1cc(-c2cccc(-c3cc(-c4ccc5ccccc5c4)cc(-c4nc(-c5ccccc5)nc(-c5ccccc5)n4)c3)c2)ccn1. The fraction of sp³-hybridized carbons (Fsp3) is 0.0233. The first-order chi connectivity index (χ1) is 23.2. The molecule has 0 N–H and O–H groups in total. The van der Waals surface area contributed by atoms with E-state index in [0.29, 0.717) is 17.5 Å². The van der Waals surface area contributed by atoms with Gasteiger partial charge >= 0.3 is 0 Å². The number of aromatic nitrogens is 4. The van der Waals surface area contributed by atoms with Gasteiger partial charge in [-0.3, -0.25) is 4.98 Å². The zero-order valence-electron chi connectivity index (χ0n) is 25.9. The first-order valence-electron chi connectivity index (χ1n) is 15.7. The van der Waals surface area contributed by atoms with Gasteiger partial charge in [0, 0.05) is 28.6 Å². The van der Waals surface area contributed by atoms with Crippen molar-refractivity contribution in [1.82, 2.24) is 19.9 Å². The Morgan fingerprint density at radius 1 is 0.319 bits per heavy atom. The first-order valence-corrected chi connectivity index (χ1v) is 15.7. The normalized spacial score (nSPS) is 11.1. The van der Waals surface area contributed by atoms with Crippen molar-refractivity contribution in [2.45, 2.75) is 6.92 Å². The Hall–Kier alpha value is -6.26. The minimum Gasteiger partial charge on any atom is -0.262 e. The summed E-state index contributed by atoms with van der Waals surface area (Å²) in [5, 5.41) is 2.41. The van der Waals surface area contributed by atoms with Gasteiger partial charge in [0.2, 0.25) is 0 Å². The lowest BCUT2D eigenvalue weighted by Crippen LogP contribution is -2.00. The molecule has 0 amide bonds. The fourth-order valence-electron chi connectivity index (χ4n) is 6.00. The highest BCUT2D eigenvalue weighted by Gasteiger charge is 2.15. The standard InChI is InChI=1S/C43H30N4/c1-29-23-37(21-22-44-29)34-17-10-18-35(25-34)38-26-39(36-20-19-30-11-8-9-16-33(30)24-36)28-40(27-38)43-46-41(31-12-4-2-5-13-31)45-42(47-43)32-14-6-3-7-15-32/h2-28H,1H3. The zero-order chi connectivity index (χ0) is 31.6. The maximum atomic E-state index is 5.06. The highest BCUT2D eigenvalue weighted by molar-refractivity contribution is 5.89. The summed E-state index contributed by atoms with van der Waals surface area (Å²) in [6.07, 6.45) is 1.87. The smallest absolute Gasteiger partial charge is 0.164 e. The van der Waals surface area contributed by atoms with Crippen molar-refractivity contribution in [2.75, 3.05) is 0 Å². The summed E-state index contributed by atoms with van der Waals surface area (Å²) >= 11 is 0. The highest BCUT2D eigenvalue weighted by atomic mass is 15.0. The number of rotatable bonds is 6. The number of pyridine rings is 1. The molecule has 222 valence electrons. The summed E-state index contributed by atoms with van der Waals surface area (Å²) in [6.45, 7) is 2.02. The van der Waals surface area contributed by atoms with Crippen LogP contribution in [-0.4, -0.2) is 19.9 Å². The fourth-order valence-corrected chi connectivity index (χ4v) is 6.00. The van der Waals surface area contributed by atoms with Gasteiger partial charge in [-0.15, -0.1) is 0 Å². The number of hydrogen-bond acceptors (Lipinski definition) is 4. The Morgan fingerprint density at radius 3 is 1.43 bits per heavy atom. The predicted molar refractivity (Wildman–Crippen MR) is 192 cm³/mol. The molecule has 0 bridgehead atoms. The van der Waals surface area contributed by atoms with E-state index in [1.165, 1.54) is 10.8 Å². The first kappa shape index (κ1) is 28.2. The van der Waals surface area contributed by atoms with E-state index in [2.05, 4.69) is 102 Å². The van der Waals surface area contributed by atoms with Crippen LogP contribution in [0, 0.1) is 6.92 Å². The maximum absolute atomic E-state index is 5.06. The van der Waals surface area contributed by atoms with Crippen LogP contribution in [0.4, 0.5) is 0 Å². The molecule has 0 atom stereocenters. The van der Waals surface area contributed by atoms with E-state index in [4.69, 9.17) is 15.0 Å². The number of fused-ring (bicyclic) bond motifs is 1. The molecule has 4 nitrogen and oxygen atoms in total. The molecule has 4 heteroatoms. The van der Waals surface area contributed by atoms with E-state index in [9.17, 15) is 0 Å². The van der Waals surface area contributed by atoms with Gasteiger partial charge in [0.15, 0.2) is 17.5 Å². The summed E-state index contributed by atoms with van der Waals surface area (Å²) in [7, 11) is 0. The van der Waals surface area contributed by atoms with Gasteiger partial charge in [-0.2, -0.15) is 0 Å². The van der Waals surface area contributed by atoms with Gasteiger partial charge in [0.05, 0.1) is 0 Å². The molecule has 0 spiro atoms. The average molecular weight is 603 g/mol. The molecule has 6 aromatic carbocycles. The van der Waals surface area contributed by atoms with Gasteiger partial charge in [-0.25, -0.2) is 15.0 Å². The molecular weight excluding hydrogens is 573 g/mol. The van der Waals surface area contributed by atoms with Gasteiger partial charge < -0.3 is 0 Å². The Kier molecular flexibility index (Phi) is 7.37. The van der Waals surface area contributed by atoms with Crippen molar-refractivity contribution in [3.8, 4) is 67.5 Å². The van der Waals surface area contributed by atoms with Crippen molar-refractivity contribution in [1.29, 1.82) is 0 Å². The number of benzene rings is 6. The third-order valence-corrected chi connectivity index (χ3v) is 8.40. The van der Waals surface area contributed by atoms with Crippen LogP contribution in [0.3, 0.4) is 0 Å². The topological polar surface area (TPSA) is 51.6 Å². The molecule has 0 saturated heterocycles. The molecular formula is C43H30N4. The molecule has 2 heterocycles.